The van der Waals surface area contributed by atoms with Crippen LogP contribution in [0.25, 0.3) is 10.9 Å². The zero-order valence-corrected chi connectivity index (χ0v) is 15.9. The zero-order chi connectivity index (χ0) is 18.7. The van der Waals surface area contributed by atoms with E-state index in [2.05, 4.69) is 21.4 Å². The molecule has 0 unspecified atom stereocenters. The maximum atomic E-state index is 5.75. The van der Waals surface area contributed by atoms with Crippen LogP contribution in [0, 0.1) is 0 Å². The van der Waals surface area contributed by atoms with Gasteiger partial charge in [-0.1, -0.05) is 31.4 Å². The van der Waals surface area contributed by atoms with Crippen molar-refractivity contribution in [2.24, 2.45) is 0 Å². The fourth-order valence-electron chi connectivity index (χ4n) is 2.97. The second-order valence-electron chi connectivity index (χ2n) is 6.46. The van der Waals surface area contributed by atoms with Crippen LogP contribution in [0.4, 0.5) is 5.82 Å². The lowest BCUT2D eigenvalue weighted by molar-refractivity contribution is 0.304. The Bertz CT molecular complexity index is 816. The van der Waals surface area contributed by atoms with E-state index in [0.717, 1.165) is 54.2 Å². The van der Waals surface area contributed by atoms with Gasteiger partial charge < -0.3 is 14.8 Å². The van der Waals surface area contributed by atoms with E-state index >= 15 is 0 Å². The number of ether oxygens (including phenoxy) is 2. The van der Waals surface area contributed by atoms with Gasteiger partial charge in [0.15, 0.2) is 0 Å². The van der Waals surface area contributed by atoms with Crippen LogP contribution in [-0.2, 0) is 0 Å². The average molecular weight is 365 g/mol. The molecular weight excluding hydrogens is 338 g/mol. The van der Waals surface area contributed by atoms with Gasteiger partial charge in [0.25, 0.3) is 0 Å². The number of anilines is 1. The van der Waals surface area contributed by atoms with Crippen LogP contribution in [0.15, 0.2) is 54.9 Å². The molecule has 0 saturated heterocycles. The van der Waals surface area contributed by atoms with Gasteiger partial charge in [-0.05, 0) is 49.2 Å². The molecule has 5 heteroatoms. The molecule has 0 spiro atoms. The maximum absolute atomic E-state index is 5.75. The number of para-hydroxylation sites is 1. The van der Waals surface area contributed by atoms with Crippen molar-refractivity contribution in [3.8, 4) is 11.5 Å². The first-order chi connectivity index (χ1) is 13.4. The molecule has 27 heavy (non-hydrogen) atoms. The minimum Gasteiger partial charge on any atom is -0.497 e. The summed E-state index contributed by atoms with van der Waals surface area (Å²) in [6.45, 7) is 1.70. The van der Waals surface area contributed by atoms with Crippen molar-refractivity contribution in [3.05, 3.63) is 54.9 Å². The third kappa shape index (κ3) is 5.84. The van der Waals surface area contributed by atoms with E-state index in [1.807, 2.05) is 42.5 Å². The van der Waals surface area contributed by atoms with E-state index in [1.165, 1.54) is 19.3 Å². The number of benzene rings is 2. The van der Waals surface area contributed by atoms with Crippen molar-refractivity contribution in [3.63, 3.8) is 0 Å². The summed E-state index contributed by atoms with van der Waals surface area (Å²) in [5.74, 6) is 2.68. The summed E-state index contributed by atoms with van der Waals surface area (Å²) >= 11 is 0. The summed E-state index contributed by atoms with van der Waals surface area (Å²) in [6.07, 6.45) is 7.45. The van der Waals surface area contributed by atoms with Gasteiger partial charge in [-0.2, -0.15) is 0 Å². The molecule has 0 aliphatic carbocycles. The molecule has 0 fully saturated rings. The lowest BCUT2D eigenvalue weighted by atomic mass is 10.1. The van der Waals surface area contributed by atoms with Crippen LogP contribution in [0.5, 0.6) is 11.5 Å². The summed E-state index contributed by atoms with van der Waals surface area (Å²) in [6, 6.07) is 15.8. The molecule has 0 atom stereocenters. The minimum absolute atomic E-state index is 0.761. The van der Waals surface area contributed by atoms with E-state index in [-0.39, 0.29) is 0 Å². The summed E-state index contributed by atoms with van der Waals surface area (Å²) in [5, 5.41) is 4.51. The van der Waals surface area contributed by atoms with Gasteiger partial charge in [-0.15, -0.1) is 0 Å². The van der Waals surface area contributed by atoms with E-state index in [0.29, 0.717) is 0 Å². The molecule has 1 N–H and O–H groups in total. The fraction of sp³-hybridized carbons (Fsp3) is 0.364. The summed E-state index contributed by atoms with van der Waals surface area (Å²) < 4.78 is 10.9. The van der Waals surface area contributed by atoms with E-state index in [1.54, 1.807) is 13.4 Å². The zero-order valence-electron chi connectivity index (χ0n) is 15.9. The molecule has 2 aromatic carbocycles. The first kappa shape index (κ1) is 19.0. The predicted molar refractivity (Wildman–Crippen MR) is 110 cm³/mol. The van der Waals surface area contributed by atoms with Crippen LogP contribution in [0.1, 0.15) is 32.1 Å². The highest BCUT2D eigenvalue weighted by Gasteiger charge is 2.01. The van der Waals surface area contributed by atoms with Gasteiger partial charge in [0.2, 0.25) is 0 Å². The largest absolute Gasteiger partial charge is 0.497 e. The number of nitrogens with zero attached hydrogens (tertiary/aromatic N) is 2. The molecule has 5 nitrogen and oxygen atoms in total. The van der Waals surface area contributed by atoms with Gasteiger partial charge in [0.1, 0.15) is 23.6 Å². The molecule has 1 heterocycles. The third-order valence-corrected chi connectivity index (χ3v) is 4.48. The number of nitrogens with one attached hydrogen (secondary N) is 1. The Balaban J connectivity index is 1.25. The predicted octanol–water partition coefficient (Wildman–Crippen LogP) is 5.08. The molecular formula is C22H27N3O2. The maximum Gasteiger partial charge on any atom is 0.137 e. The molecule has 0 saturated carbocycles. The third-order valence-electron chi connectivity index (χ3n) is 4.48. The average Bonchev–Trinajstić information content (AvgIpc) is 2.73. The summed E-state index contributed by atoms with van der Waals surface area (Å²) in [4.78, 5) is 8.65. The Labute approximate surface area is 160 Å². The molecule has 3 aromatic rings. The first-order valence-corrected chi connectivity index (χ1v) is 9.57. The Kier molecular flexibility index (Phi) is 7.27. The van der Waals surface area contributed by atoms with Crippen LogP contribution in [0.3, 0.4) is 0 Å². The van der Waals surface area contributed by atoms with Crippen molar-refractivity contribution in [2.45, 2.75) is 32.1 Å². The Morgan fingerprint density at radius 2 is 1.56 bits per heavy atom. The molecule has 142 valence electrons. The molecule has 0 aliphatic rings. The highest BCUT2D eigenvalue weighted by Crippen LogP contribution is 2.19. The molecule has 0 radical (unpaired) electrons. The Hall–Kier alpha value is -2.82. The quantitative estimate of drug-likeness (QED) is 0.480. The minimum atomic E-state index is 0.761. The lowest BCUT2D eigenvalue weighted by Crippen LogP contribution is -2.04. The van der Waals surface area contributed by atoms with E-state index in [4.69, 9.17) is 9.47 Å². The number of aromatic nitrogens is 2. The monoisotopic (exact) mass is 365 g/mol. The standard InChI is InChI=1S/C22H27N3O2/c1-26-18-11-13-19(14-12-18)27-16-8-4-2-3-7-15-23-22-20-9-5-6-10-21(20)24-17-25-22/h5-6,9-14,17H,2-4,7-8,15-16H2,1H3,(H,23,24,25). The molecule has 0 amide bonds. The Morgan fingerprint density at radius 1 is 0.815 bits per heavy atom. The van der Waals surface area contributed by atoms with Gasteiger partial charge in [-0.3, -0.25) is 0 Å². The second-order valence-corrected chi connectivity index (χ2v) is 6.46. The molecule has 0 aliphatic heterocycles. The number of hydrogen-bond acceptors (Lipinski definition) is 5. The number of methoxy groups -OCH3 is 1. The van der Waals surface area contributed by atoms with Crippen molar-refractivity contribution < 1.29 is 9.47 Å². The van der Waals surface area contributed by atoms with Crippen LogP contribution in [0.2, 0.25) is 0 Å². The molecule has 0 bridgehead atoms. The van der Waals surface area contributed by atoms with Gasteiger partial charge >= 0.3 is 0 Å². The van der Waals surface area contributed by atoms with E-state index < -0.39 is 0 Å². The van der Waals surface area contributed by atoms with Crippen molar-refractivity contribution in [1.29, 1.82) is 0 Å². The SMILES string of the molecule is COc1ccc(OCCCCCCCNc2ncnc3ccccc23)cc1. The van der Waals surface area contributed by atoms with Crippen LogP contribution >= 0.6 is 0 Å². The van der Waals surface area contributed by atoms with Crippen LogP contribution in [-0.4, -0.2) is 30.2 Å². The topological polar surface area (TPSA) is 56.3 Å². The number of rotatable bonds is 11. The highest BCUT2D eigenvalue weighted by atomic mass is 16.5. The second kappa shape index (κ2) is 10.4. The number of unbranched alkanes of at least 4 members (excludes halogenated alkanes) is 4. The van der Waals surface area contributed by atoms with Gasteiger partial charge in [-0.25, -0.2) is 9.97 Å². The van der Waals surface area contributed by atoms with Crippen molar-refractivity contribution in [1.82, 2.24) is 9.97 Å². The summed E-state index contributed by atoms with van der Waals surface area (Å²) in [7, 11) is 1.67. The summed E-state index contributed by atoms with van der Waals surface area (Å²) in [5.41, 5.74) is 0.979. The van der Waals surface area contributed by atoms with Crippen molar-refractivity contribution in [2.75, 3.05) is 25.6 Å². The van der Waals surface area contributed by atoms with Crippen molar-refractivity contribution >= 4 is 16.7 Å². The number of fused-ring (bicyclic) bond motifs is 1. The smallest absolute Gasteiger partial charge is 0.137 e. The Morgan fingerprint density at radius 3 is 2.41 bits per heavy atom. The van der Waals surface area contributed by atoms with Gasteiger partial charge in [0, 0.05) is 11.9 Å². The first-order valence-electron chi connectivity index (χ1n) is 9.57. The van der Waals surface area contributed by atoms with E-state index in [9.17, 15) is 0 Å². The molecule has 1 aromatic heterocycles. The van der Waals surface area contributed by atoms with Gasteiger partial charge in [0.05, 0.1) is 19.2 Å². The van der Waals surface area contributed by atoms with Crippen LogP contribution < -0.4 is 14.8 Å². The highest BCUT2D eigenvalue weighted by molar-refractivity contribution is 5.88. The molecule has 3 rings (SSSR count). The normalized spacial score (nSPS) is 10.7. The lowest BCUT2D eigenvalue weighted by Gasteiger charge is -2.08. The fourth-order valence-corrected chi connectivity index (χ4v) is 2.97. The number of hydrogen-bond donors (Lipinski definition) is 1.